The average molecular weight is 1090 g/mol. The van der Waals surface area contributed by atoms with Crippen molar-refractivity contribution in [1.29, 1.82) is 0 Å². The molecule has 350 valence electrons. The maximum Gasteiger partial charge on any atom is 2.00 e. The quantitative estimate of drug-likeness (QED) is 0.162. The van der Waals surface area contributed by atoms with Gasteiger partial charge in [-0.2, -0.15) is 35.9 Å². The molecule has 0 aliphatic carbocycles. The van der Waals surface area contributed by atoms with E-state index >= 15 is 0 Å². The van der Waals surface area contributed by atoms with E-state index < -0.39 is 0 Å². The molecule has 0 fully saturated rings. The number of aromatic hydroxyl groups is 1. The molecule has 0 radical (unpaired) electrons. The van der Waals surface area contributed by atoms with Crippen LogP contribution >= 0.6 is 0 Å². The Hall–Kier alpha value is -6.42. The van der Waals surface area contributed by atoms with Crippen molar-refractivity contribution in [2.75, 3.05) is 0 Å². The zero-order chi connectivity index (χ0) is 48.3. The van der Waals surface area contributed by atoms with Crippen LogP contribution in [0.1, 0.15) is 105 Å². The molecule has 0 spiro atoms. The molecule has 0 aliphatic heterocycles. The molecule has 9 aromatic rings. The summed E-state index contributed by atoms with van der Waals surface area (Å²) in [5, 5.41) is 12.5. The molecular weight excluding hydrogens is 1020 g/mol. The molecule has 9 rings (SSSR count). The number of hydrogen-bond donors (Lipinski definition) is 1. The number of benzene rings is 7. The molecule has 0 atom stereocenters. The van der Waals surface area contributed by atoms with Gasteiger partial charge in [-0.1, -0.05) is 180 Å². The second-order valence-electron chi connectivity index (χ2n) is 22.3. The van der Waals surface area contributed by atoms with Gasteiger partial charge in [0.2, 0.25) is 0 Å². The van der Waals surface area contributed by atoms with E-state index in [0.717, 1.165) is 61.3 Å². The van der Waals surface area contributed by atoms with E-state index in [1.807, 2.05) is 18.2 Å². The average Bonchev–Trinajstić information content (AvgIpc) is 3.70. The standard InChI is InChI=1S/C63H62N4O.Pt/c1-60(2,3)48-30-31-54(51(36-48)43-22-17-14-18-23-43)67-58(52-37-50(62(7,8)9)38-53(57(52)68)63(10,11)12)66-56-55(64-39-65-59(56)67)47-33-46(34-49(35-47)61(4,5)6)45-25-19-24-44(32-45)42-28-26-41(27-29-42)40-20-15-13-16-21-40;/h13-24,26-32,34-39,68H,1-12H3;/q-2;+2. The number of fused-ring (bicyclic) bond motifs is 1. The van der Waals surface area contributed by atoms with E-state index in [4.69, 9.17) is 15.0 Å². The largest absolute Gasteiger partial charge is 2.00 e. The third kappa shape index (κ3) is 9.90. The number of phenolic OH excluding ortho intramolecular Hbond substituents is 1. The molecule has 0 unspecified atom stereocenters. The molecule has 5 nitrogen and oxygen atoms in total. The molecular formula is C63H62N4OPt. The van der Waals surface area contributed by atoms with Crippen molar-refractivity contribution in [3.63, 3.8) is 0 Å². The van der Waals surface area contributed by atoms with Crippen LogP contribution in [0.4, 0.5) is 0 Å². The molecule has 1 N–H and O–H groups in total. The fourth-order valence-corrected chi connectivity index (χ4v) is 8.92. The SMILES string of the molecule is CC(C)(C)c1cc(-c2[c-]ccc(-c3ccc(-c4ccccc4)cc3)c2)[c-]c(-c2ncnc3c2nc(-c2cc(C(C)(C)C)cc(C(C)(C)C)c2O)n3-c2ccc(C(C)(C)C)cc2-c2ccccc2)c1.[Pt+2]. The number of phenols is 1. The van der Waals surface area contributed by atoms with Crippen molar-refractivity contribution in [3.8, 4) is 78.6 Å². The van der Waals surface area contributed by atoms with Gasteiger partial charge in [-0.05, 0) is 73.2 Å². The van der Waals surface area contributed by atoms with Crippen LogP contribution in [0.25, 0.3) is 84.0 Å². The summed E-state index contributed by atoms with van der Waals surface area (Å²) >= 11 is 0. The number of aromatic nitrogens is 4. The summed E-state index contributed by atoms with van der Waals surface area (Å²) in [6.45, 7) is 26.5. The minimum absolute atomic E-state index is 0. The van der Waals surface area contributed by atoms with Gasteiger partial charge in [0.25, 0.3) is 0 Å². The van der Waals surface area contributed by atoms with Crippen LogP contribution in [-0.4, -0.2) is 24.6 Å². The third-order valence-electron chi connectivity index (χ3n) is 13.1. The molecule has 0 bridgehead atoms. The Kier molecular flexibility index (Phi) is 13.1. The number of hydrogen-bond acceptors (Lipinski definition) is 4. The monoisotopic (exact) mass is 1090 g/mol. The Morgan fingerprint density at radius 3 is 1.64 bits per heavy atom. The second kappa shape index (κ2) is 18.5. The summed E-state index contributed by atoms with van der Waals surface area (Å²) in [6, 6.07) is 58.8. The topological polar surface area (TPSA) is 63.8 Å². The van der Waals surface area contributed by atoms with Crippen molar-refractivity contribution in [3.05, 3.63) is 186 Å². The maximum atomic E-state index is 12.5. The molecule has 2 aromatic heterocycles. The first-order valence-electron chi connectivity index (χ1n) is 23.7. The third-order valence-corrected chi connectivity index (χ3v) is 13.1. The zero-order valence-electron chi connectivity index (χ0n) is 42.0. The van der Waals surface area contributed by atoms with Crippen molar-refractivity contribution in [2.45, 2.75) is 105 Å². The molecule has 0 amide bonds. The summed E-state index contributed by atoms with van der Waals surface area (Å²) in [7, 11) is 0. The Morgan fingerprint density at radius 2 is 1.03 bits per heavy atom. The van der Waals surface area contributed by atoms with Crippen LogP contribution in [0, 0.1) is 12.1 Å². The van der Waals surface area contributed by atoms with Crippen LogP contribution < -0.4 is 0 Å². The molecule has 0 saturated carbocycles. The Morgan fingerprint density at radius 1 is 0.478 bits per heavy atom. The zero-order valence-corrected chi connectivity index (χ0v) is 44.3. The maximum absolute atomic E-state index is 12.5. The summed E-state index contributed by atoms with van der Waals surface area (Å²) in [5.41, 5.74) is 16.2. The fraction of sp³-hybridized carbons (Fsp3) is 0.254. The van der Waals surface area contributed by atoms with Gasteiger partial charge in [0, 0.05) is 16.8 Å². The number of rotatable bonds is 7. The van der Waals surface area contributed by atoms with E-state index in [9.17, 15) is 5.11 Å². The summed E-state index contributed by atoms with van der Waals surface area (Å²) in [5.74, 6) is 0.792. The van der Waals surface area contributed by atoms with Crippen molar-refractivity contribution in [2.24, 2.45) is 0 Å². The second-order valence-corrected chi connectivity index (χ2v) is 22.3. The number of imidazole rings is 1. The van der Waals surface area contributed by atoms with E-state index in [1.165, 1.54) is 16.7 Å². The first-order valence-corrected chi connectivity index (χ1v) is 23.7. The first kappa shape index (κ1) is 49.0. The van der Waals surface area contributed by atoms with Gasteiger partial charge in [-0.3, -0.25) is 9.55 Å². The van der Waals surface area contributed by atoms with Gasteiger partial charge in [0.15, 0.2) is 5.65 Å². The molecule has 6 heteroatoms. The van der Waals surface area contributed by atoms with Crippen molar-refractivity contribution in [1.82, 2.24) is 19.5 Å². The smallest absolute Gasteiger partial charge is 0.507 e. The molecule has 69 heavy (non-hydrogen) atoms. The van der Waals surface area contributed by atoms with E-state index in [1.54, 1.807) is 6.33 Å². The first-order chi connectivity index (χ1) is 32.1. The summed E-state index contributed by atoms with van der Waals surface area (Å²) < 4.78 is 2.14. The summed E-state index contributed by atoms with van der Waals surface area (Å²) in [6.07, 6.45) is 1.64. The normalized spacial score (nSPS) is 12.3. The van der Waals surface area contributed by atoms with Crippen LogP contribution in [-0.2, 0) is 42.7 Å². The van der Waals surface area contributed by atoms with Gasteiger partial charge in [0.05, 0.1) is 11.3 Å². The predicted octanol–water partition coefficient (Wildman–Crippen LogP) is 16.3. The Balaban J connectivity index is 0.00000642. The summed E-state index contributed by atoms with van der Waals surface area (Å²) in [4.78, 5) is 15.7. The van der Waals surface area contributed by atoms with Crippen LogP contribution in [0.2, 0.25) is 0 Å². The molecule has 2 heterocycles. The van der Waals surface area contributed by atoms with E-state index in [2.05, 4.69) is 227 Å². The van der Waals surface area contributed by atoms with E-state index in [-0.39, 0.29) is 48.5 Å². The van der Waals surface area contributed by atoms with Crippen LogP contribution in [0.5, 0.6) is 5.75 Å². The molecule has 0 aliphatic rings. The Bertz CT molecular complexity index is 3300. The predicted molar refractivity (Wildman–Crippen MR) is 283 cm³/mol. The molecule has 7 aromatic carbocycles. The van der Waals surface area contributed by atoms with Gasteiger partial charge < -0.3 is 5.11 Å². The van der Waals surface area contributed by atoms with Gasteiger partial charge in [-0.25, -0.2) is 15.5 Å². The number of nitrogens with zero attached hydrogens (tertiary/aromatic N) is 4. The van der Waals surface area contributed by atoms with Gasteiger partial charge in [-0.15, -0.1) is 28.8 Å². The van der Waals surface area contributed by atoms with Crippen LogP contribution in [0.3, 0.4) is 0 Å². The van der Waals surface area contributed by atoms with E-state index in [0.29, 0.717) is 28.2 Å². The minimum Gasteiger partial charge on any atom is -0.507 e. The van der Waals surface area contributed by atoms with Crippen molar-refractivity contribution < 1.29 is 26.2 Å². The van der Waals surface area contributed by atoms with Gasteiger partial charge in [0.1, 0.15) is 23.4 Å². The Labute approximate surface area is 424 Å². The molecule has 0 saturated heterocycles. The van der Waals surface area contributed by atoms with Crippen LogP contribution in [0.15, 0.2) is 152 Å². The minimum atomic E-state index is -0.357. The van der Waals surface area contributed by atoms with Gasteiger partial charge >= 0.3 is 21.1 Å². The van der Waals surface area contributed by atoms with Crippen molar-refractivity contribution >= 4 is 11.2 Å². The fourth-order valence-electron chi connectivity index (χ4n) is 8.92.